The first-order chi connectivity index (χ1) is 35.9. The second kappa shape index (κ2) is 50.6. The number of carbonyl (C=O) groups excluding carboxylic acids is 1. The van der Waals surface area contributed by atoms with Crippen molar-refractivity contribution >= 4 is 13.7 Å². The topological polar surface area (TPSA) is 206 Å². The molecule has 13 heteroatoms. The summed E-state index contributed by atoms with van der Waals surface area (Å²) in [5, 5.41) is 64.5. The Hall–Kier alpha value is -0.660. The number of carbonyl (C=O) groups is 1. The van der Waals surface area contributed by atoms with Crippen LogP contribution in [0.25, 0.3) is 0 Å². The van der Waals surface area contributed by atoms with E-state index < -0.39 is 63.2 Å². The minimum absolute atomic E-state index is 0.243. The average molecular weight is 1080 g/mol. The quantitative estimate of drug-likeness (QED) is 0.0212. The molecule has 1 rings (SSSR count). The Kier molecular flexibility index (Phi) is 48.7. The minimum Gasteiger partial charge on any atom is -0.391 e. The number of aliphatic hydroxyl groups excluding tert-OH is 6. The minimum atomic E-state index is -5.06. The zero-order valence-corrected chi connectivity index (χ0v) is 49.1. The second-order valence-corrected chi connectivity index (χ2v) is 24.4. The molecule has 1 amide bonds. The molecule has 8 N–H and O–H groups in total. The Morgan fingerprint density at radius 1 is 0.405 bits per heavy atom. The summed E-state index contributed by atoms with van der Waals surface area (Å²) in [6.07, 6.45) is 49.0. The zero-order valence-electron chi connectivity index (χ0n) is 48.2. The summed E-state index contributed by atoms with van der Waals surface area (Å²) < 4.78 is 23.1. The van der Waals surface area contributed by atoms with Crippen LogP contribution in [0.2, 0.25) is 0 Å². The molecular formula is C61H122NO11P. The van der Waals surface area contributed by atoms with E-state index in [2.05, 4.69) is 19.2 Å². The Morgan fingerprint density at radius 2 is 0.649 bits per heavy atom. The standard InChI is InChI=1S/C61H122NO11P/c1-3-5-7-9-11-13-15-17-18-19-20-21-22-23-24-25-26-27-28-29-30-31-32-33-34-35-36-37-39-41-43-45-47-49-51-55(64)62-53(54(63)50-48-46-44-42-40-38-16-14-12-10-8-6-4-2)52-72-74(70,71)73-61-59(68)57(66)56(65)58(67)60(61)69/h53-54,56-61,63,65-69H,3-52H2,1-2H3,(H,62,64)(H,70,71)/t53-,54+,56?,57+,58?,59?,60?,61?/m0/s1. The van der Waals surface area contributed by atoms with Gasteiger partial charge in [0.15, 0.2) is 0 Å². The van der Waals surface area contributed by atoms with Crippen LogP contribution in [-0.4, -0.2) is 96.8 Å². The average Bonchev–Trinajstić information content (AvgIpc) is 3.39. The summed E-state index contributed by atoms with van der Waals surface area (Å²) in [4.78, 5) is 23.6. The SMILES string of the molecule is CCCCCCCCCCCCCCCCCCCCCCCCCCCCCCCCCCCCC(=O)N[C@@H](COP(=O)(O)OC1C(O)C(O)C(O)[C@@H](O)C1O)[C@H](O)CCCCCCCCCCCCCCC. The van der Waals surface area contributed by atoms with Crippen molar-refractivity contribution in [1.82, 2.24) is 5.32 Å². The van der Waals surface area contributed by atoms with Crippen LogP contribution >= 0.6 is 7.82 Å². The van der Waals surface area contributed by atoms with Gasteiger partial charge in [-0.15, -0.1) is 0 Å². The molecule has 74 heavy (non-hydrogen) atoms. The lowest BCUT2D eigenvalue weighted by atomic mass is 9.85. The van der Waals surface area contributed by atoms with Crippen LogP contribution in [-0.2, 0) is 18.4 Å². The van der Waals surface area contributed by atoms with Crippen molar-refractivity contribution in [3.8, 4) is 0 Å². The van der Waals surface area contributed by atoms with E-state index in [1.54, 1.807) is 0 Å². The van der Waals surface area contributed by atoms with E-state index in [1.807, 2.05) is 0 Å². The Bertz CT molecular complexity index is 1250. The number of hydrogen-bond acceptors (Lipinski definition) is 10. The van der Waals surface area contributed by atoms with Gasteiger partial charge in [0.2, 0.25) is 5.91 Å². The molecule has 1 fully saturated rings. The molecule has 6 unspecified atom stereocenters. The van der Waals surface area contributed by atoms with Gasteiger partial charge in [0.25, 0.3) is 0 Å². The molecule has 0 aliphatic heterocycles. The van der Waals surface area contributed by atoms with E-state index >= 15 is 0 Å². The molecule has 0 spiro atoms. The van der Waals surface area contributed by atoms with Crippen molar-refractivity contribution in [3.63, 3.8) is 0 Å². The maximum Gasteiger partial charge on any atom is 0.472 e. The normalized spacial score (nSPS) is 20.7. The first kappa shape index (κ1) is 71.4. The van der Waals surface area contributed by atoms with Crippen molar-refractivity contribution in [3.05, 3.63) is 0 Å². The van der Waals surface area contributed by atoms with Gasteiger partial charge in [-0.3, -0.25) is 13.8 Å². The number of unbranched alkanes of at least 4 members (excludes halogenated alkanes) is 45. The fourth-order valence-corrected chi connectivity index (χ4v) is 11.8. The van der Waals surface area contributed by atoms with Crippen LogP contribution in [0.4, 0.5) is 0 Å². The number of hydrogen-bond donors (Lipinski definition) is 8. The Morgan fingerprint density at radius 3 is 0.932 bits per heavy atom. The van der Waals surface area contributed by atoms with Gasteiger partial charge in [-0.25, -0.2) is 4.57 Å². The van der Waals surface area contributed by atoms with E-state index in [9.17, 15) is 44.9 Å². The smallest absolute Gasteiger partial charge is 0.391 e. The molecular weight excluding hydrogens is 954 g/mol. The highest BCUT2D eigenvalue weighted by Crippen LogP contribution is 2.47. The number of phosphoric acid groups is 1. The number of phosphoric ester groups is 1. The molecule has 9 atom stereocenters. The van der Waals surface area contributed by atoms with Crippen LogP contribution in [0.3, 0.4) is 0 Å². The largest absolute Gasteiger partial charge is 0.472 e. The molecule has 0 aromatic carbocycles. The summed E-state index contributed by atoms with van der Waals surface area (Å²) >= 11 is 0. The number of rotatable bonds is 56. The van der Waals surface area contributed by atoms with Gasteiger partial charge in [0.05, 0.1) is 18.8 Å². The lowest BCUT2D eigenvalue weighted by Crippen LogP contribution is -2.64. The van der Waals surface area contributed by atoms with E-state index in [4.69, 9.17) is 9.05 Å². The van der Waals surface area contributed by atoms with Crippen LogP contribution in [0, 0.1) is 0 Å². The number of aliphatic hydroxyl groups is 6. The molecule has 0 aromatic rings. The maximum absolute atomic E-state index is 13.1. The molecule has 0 aromatic heterocycles. The predicted octanol–water partition coefficient (Wildman–Crippen LogP) is 15.3. The highest BCUT2D eigenvalue weighted by Gasteiger charge is 2.51. The summed E-state index contributed by atoms with van der Waals surface area (Å²) in [5.41, 5.74) is 0. The molecule has 442 valence electrons. The second-order valence-electron chi connectivity index (χ2n) is 23.0. The van der Waals surface area contributed by atoms with E-state index in [1.165, 1.54) is 250 Å². The van der Waals surface area contributed by atoms with Crippen LogP contribution < -0.4 is 5.32 Å². The van der Waals surface area contributed by atoms with Gasteiger partial charge in [0.1, 0.15) is 36.6 Å². The summed E-state index contributed by atoms with van der Waals surface area (Å²) in [6.45, 7) is 3.94. The van der Waals surface area contributed by atoms with E-state index in [-0.39, 0.29) is 12.3 Å². The van der Waals surface area contributed by atoms with E-state index in [0.29, 0.717) is 19.3 Å². The molecule has 12 nitrogen and oxygen atoms in total. The van der Waals surface area contributed by atoms with Crippen molar-refractivity contribution in [1.29, 1.82) is 0 Å². The molecule has 1 aliphatic rings. The first-order valence-electron chi connectivity index (χ1n) is 32.0. The van der Waals surface area contributed by atoms with Gasteiger partial charge >= 0.3 is 7.82 Å². The summed E-state index contributed by atoms with van der Waals surface area (Å²) in [6, 6.07) is -1.03. The molecule has 0 saturated heterocycles. The molecule has 1 saturated carbocycles. The lowest BCUT2D eigenvalue weighted by Gasteiger charge is -2.41. The fourth-order valence-electron chi connectivity index (χ4n) is 10.8. The van der Waals surface area contributed by atoms with E-state index in [0.717, 1.165) is 38.5 Å². The van der Waals surface area contributed by atoms with Crippen molar-refractivity contribution in [2.24, 2.45) is 0 Å². The molecule has 0 heterocycles. The first-order valence-corrected chi connectivity index (χ1v) is 33.5. The molecule has 1 aliphatic carbocycles. The highest BCUT2D eigenvalue weighted by atomic mass is 31.2. The van der Waals surface area contributed by atoms with Crippen LogP contribution in [0.5, 0.6) is 0 Å². The molecule has 0 radical (unpaired) electrons. The van der Waals surface area contributed by atoms with Gasteiger partial charge in [0, 0.05) is 6.42 Å². The van der Waals surface area contributed by atoms with Gasteiger partial charge in [-0.1, -0.05) is 309 Å². The van der Waals surface area contributed by atoms with Gasteiger partial charge in [-0.2, -0.15) is 0 Å². The third-order valence-electron chi connectivity index (χ3n) is 15.9. The van der Waals surface area contributed by atoms with Gasteiger partial charge in [-0.05, 0) is 12.8 Å². The third kappa shape index (κ3) is 40.5. The summed E-state index contributed by atoms with van der Waals surface area (Å²) in [7, 11) is -5.06. The van der Waals surface area contributed by atoms with Crippen molar-refractivity contribution in [2.75, 3.05) is 6.61 Å². The Labute approximate surface area is 455 Å². The fraction of sp³-hybridized carbons (Fsp3) is 0.984. The number of amides is 1. The van der Waals surface area contributed by atoms with Crippen LogP contribution in [0.1, 0.15) is 328 Å². The predicted molar refractivity (Wildman–Crippen MR) is 306 cm³/mol. The zero-order chi connectivity index (χ0) is 54.2. The van der Waals surface area contributed by atoms with Crippen molar-refractivity contribution in [2.45, 2.75) is 377 Å². The third-order valence-corrected chi connectivity index (χ3v) is 16.9. The molecule has 0 bridgehead atoms. The lowest BCUT2D eigenvalue weighted by molar-refractivity contribution is -0.220. The Balaban J connectivity index is 2.14. The van der Waals surface area contributed by atoms with Crippen molar-refractivity contribution < 1.29 is 53.9 Å². The number of nitrogens with one attached hydrogen (secondary N) is 1. The monoisotopic (exact) mass is 1080 g/mol. The van der Waals surface area contributed by atoms with Gasteiger partial charge < -0.3 is 40.8 Å². The maximum atomic E-state index is 13.1. The van der Waals surface area contributed by atoms with Crippen LogP contribution in [0.15, 0.2) is 0 Å². The summed E-state index contributed by atoms with van der Waals surface area (Å²) in [5.74, 6) is -0.300. The highest BCUT2D eigenvalue weighted by molar-refractivity contribution is 7.47.